The number of carbonyl (C=O) groups excluding carboxylic acids is 2. The summed E-state index contributed by atoms with van der Waals surface area (Å²) in [5.41, 5.74) is 3.50. The SMILES string of the molecule is CC(CCNC(=O)OCC1c2ccccc2-c2ccccc21)C(=O)N1CCCC1(C)C(=O)O. The summed E-state index contributed by atoms with van der Waals surface area (Å²) in [7, 11) is 0. The Bertz CT molecular complexity index is 1020. The fourth-order valence-corrected chi connectivity index (χ4v) is 4.97. The molecule has 2 aromatic carbocycles. The van der Waals surface area contributed by atoms with E-state index in [0.717, 1.165) is 11.1 Å². The van der Waals surface area contributed by atoms with Crippen LogP contribution < -0.4 is 5.32 Å². The summed E-state index contributed by atoms with van der Waals surface area (Å²) < 4.78 is 5.52. The van der Waals surface area contributed by atoms with Gasteiger partial charge in [-0.15, -0.1) is 0 Å². The zero-order chi connectivity index (χ0) is 23.6. The summed E-state index contributed by atoms with van der Waals surface area (Å²) in [5.74, 6) is -1.56. The number of hydrogen-bond acceptors (Lipinski definition) is 4. The molecule has 1 saturated heterocycles. The van der Waals surface area contributed by atoms with E-state index in [9.17, 15) is 19.5 Å². The van der Waals surface area contributed by atoms with E-state index < -0.39 is 23.5 Å². The van der Waals surface area contributed by atoms with Gasteiger partial charge in [0, 0.05) is 24.9 Å². The number of ether oxygens (including phenoxy) is 1. The summed E-state index contributed by atoms with van der Waals surface area (Å²) in [5, 5.41) is 12.3. The van der Waals surface area contributed by atoms with Crippen molar-refractivity contribution in [1.29, 1.82) is 0 Å². The van der Waals surface area contributed by atoms with Crippen molar-refractivity contribution in [2.24, 2.45) is 5.92 Å². The van der Waals surface area contributed by atoms with E-state index in [1.54, 1.807) is 13.8 Å². The number of benzene rings is 2. The maximum absolute atomic E-state index is 12.8. The van der Waals surface area contributed by atoms with Crippen molar-refractivity contribution < 1.29 is 24.2 Å². The van der Waals surface area contributed by atoms with Crippen LogP contribution in [0.3, 0.4) is 0 Å². The van der Waals surface area contributed by atoms with Gasteiger partial charge in [-0.1, -0.05) is 55.5 Å². The molecule has 2 unspecified atom stereocenters. The molecule has 0 spiro atoms. The number of amides is 2. The summed E-state index contributed by atoms with van der Waals surface area (Å²) in [6.07, 6.45) is 1.03. The normalized spacial score (nSPS) is 20.1. The minimum absolute atomic E-state index is 0.00693. The summed E-state index contributed by atoms with van der Waals surface area (Å²) in [6.45, 7) is 4.33. The van der Waals surface area contributed by atoms with Gasteiger partial charge in [-0.05, 0) is 48.4 Å². The van der Waals surface area contributed by atoms with Gasteiger partial charge in [0.2, 0.25) is 5.91 Å². The molecular formula is C26H30N2O5. The molecule has 2 N–H and O–H groups in total. The number of likely N-dealkylation sites (tertiary alicyclic amines) is 1. The smallest absolute Gasteiger partial charge is 0.407 e. The van der Waals surface area contributed by atoms with Crippen LogP contribution in [0.4, 0.5) is 4.79 Å². The Morgan fingerprint density at radius 3 is 2.33 bits per heavy atom. The van der Waals surface area contributed by atoms with Gasteiger partial charge < -0.3 is 20.1 Å². The molecule has 4 rings (SSSR count). The van der Waals surface area contributed by atoms with Crippen LogP contribution in [-0.2, 0) is 14.3 Å². The molecule has 1 aliphatic heterocycles. The van der Waals surface area contributed by atoms with Gasteiger partial charge in [0.25, 0.3) is 0 Å². The minimum Gasteiger partial charge on any atom is -0.480 e. The highest BCUT2D eigenvalue weighted by Gasteiger charge is 2.46. The third-order valence-electron chi connectivity index (χ3n) is 6.98. The van der Waals surface area contributed by atoms with Crippen LogP contribution in [0.1, 0.15) is 50.2 Å². The third kappa shape index (κ3) is 4.32. The highest BCUT2D eigenvalue weighted by Crippen LogP contribution is 2.44. The fraction of sp³-hybridized carbons (Fsp3) is 0.423. The largest absolute Gasteiger partial charge is 0.480 e. The van der Waals surface area contributed by atoms with Gasteiger partial charge in [0.1, 0.15) is 12.1 Å². The number of fused-ring (bicyclic) bond motifs is 3. The second-order valence-electron chi connectivity index (χ2n) is 9.11. The molecule has 2 aliphatic rings. The lowest BCUT2D eigenvalue weighted by molar-refractivity contribution is -0.156. The van der Waals surface area contributed by atoms with Gasteiger partial charge in [-0.3, -0.25) is 4.79 Å². The molecule has 2 amide bonds. The minimum atomic E-state index is -1.15. The number of alkyl carbamates (subject to hydrolysis) is 1. The van der Waals surface area contributed by atoms with E-state index in [1.807, 2.05) is 24.3 Å². The quantitative estimate of drug-likeness (QED) is 0.664. The van der Waals surface area contributed by atoms with Gasteiger partial charge in [-0.2, -0.15) is 0 Å². The molecule has 2 aromatic rings. The Hall–Kier alpha value is -3.35. The lowest BCUT2D eigenvalue weighted by Crippen LogP contribution is -2.52. The van der Waals surface area contributed by atoms with Crippen LogP contribution in [0, 0.1) is 5.92 Å². The number of carboxylic acid groups (broad SMARTS) is 1. The molecule has 33 heavy (non-hydrogen) atoms. The Balaban J connectivity index is 1.28. The third-order valence-corrected chi connectivity index (χ3v) is 6.98. The highest BCUT2D eigenvalue weighted by molar-refractivity contribution is 5.88. The maximum atomic E-state index is 12.8. The Morgan fingerprint density at radius 2 is 1.73 bits per heavy atom. The molecule has 0 radical (unpaired) electrons. The molecule has 7 heteroatoms. The van der Waals surface area contributed by atoms with E-state index in [-0.39, 0.29) is 25.0 Å². The second kappa shape index (κ2) is 9.25. The lowest BCUT2D eigenvalue weighted by atomic mass is 9.97. The fourth-order valence-electron chi connectivity index (χ4n) is 4.97. The van der Waals surface area contributed by atoms with Crippen molar-refractivity contribution in [3.63, 3.8) is 0 Å². The van der Waals surface area contributed by atoms with E-state index in [4.69, 9.17) is 4.74 Å². The Morgan fingerprint density at radius 1 is 1.12 bits per heavy atom. The number of rotatable bonds is 7. The lowest BCUT2D eigenvalue weighted by Gasteiger charge is -2.33. The maximum Gasteiger partial charge on any atom is 0.407 e. The predicted molar refractivity (Wildman–Crippen MR) is 124 cm³/mol. The second-order valence-corrected chi connectivity index (χ2v) is 9.11. The standard InChI is InChI=1S/C26H30N2O5/c1-17(23(29)28-15-7-13-26(28,2)24(30)31)12-14-27-25(32)33-16-22-20-10-5-3-8-18(20)19-9-4-6-11-21(19)22/h3-6,8-11,17,22H,7,12-16H2,1-2H3,(H,27,32)(H,30,31). The molecule has 1 heterocycles. The Labute approximate surface area is 193 Å². The average molecular weight is 451 g/mol. The first-order valence-electron chi connectivity index (χ1n) is 11.5. The molecule has 7 nitrogen and oxygen atoms in total. The summed E-state index contributed by atoms with van der Waals surface area (Å²) >= 11 is 0. The molecule has 0 bridgehead atoms. The molecule has 2 atom stereocenters. The monoisotopic (exact) mass is 450 g/mol. The number of hydrogen-bond donors (Lipinski definition) is 2. The number of nitrogens with zero attached hydrogens (tertiary/aromatic N) is 1. The van der Waals surface area contributed by atoms with Crippen molar-refractivity contribution in [1.82, 2.24) is 10.2 Å². The van der Waals surface area contributed by atoms with Crippen molar-refractivity contribution in [2.45, 2.75) is 44.6 Å². The van der Waals surface area contributed by atoms with Crippen LogP contribution in [0.15, 0.2) is 48.5 Å². The van der Waals surface area contributed by atoms with Crippen molar-refractivity contribution in [3.8, 4) is 11.1 Å². The summed E-state index contributed by atoms with van der Waals surface area (Å²) in [4.78, 5) is 38.2. The highest BCUT2D eigenvalue weighted by atomic mass is 16.5. The van der Waals surface area contributed by atoms with Crippen molar-refractivity contribution in [3.05, 3.63) is 59.7 Å². The van der Waals surface area contributed by atoms with Crippen LogP contribution in [0.25, 0.3) is 11.1 Å². The van der Waals surface area contributed by atoms with E-state index in [0.29, 0.717) is 25.8 Å². The van der Waals surface area contributed by atoms with E-state index in [2.05, 4.69) is 29.6 Å². The number of nitrogens with one attached hydrogen (secondary N) is 1. The van der Waals surface area contributed by atoms with Crippen LogP contribution in [0.5, 0.6) is 0 Å². The molecule has 1 fully saturated rings. The Kier molecular flexibility index (Phi) is 6.40. The van der Waals surface area contributed by atoms with Gasteiger partial charge in [0.05, 0.1) is 0 Å². The molecule has 1 aliphatic carbocycles. The van der Waals surface area contributed by atoms with Gasteiger partial charge >= 0.3 is 12.1 Å². The first-order valence-corrected chi connectivity index (χ1v) is 11.5. The summed E-state index contributed by atoms with van der Waals surface area (Å²) in [6, 6.07) is 16.3. The van der Waals surface area contributed by atoms with Crippen molar-refractivity contribution >= 4 is 18.0 Å². The molecule has 174 valence electrons. The number of carbonyl (C=O) groups is 3. The zero-order valence-corrected chi connectivity index (χ0v) is 19.0. The molecule has 0 aromatic heterocycles. The van der Waals surface area contributed by atoms with Crippen LogP contribution in [-0.4, -0.2) is 53.2 Å². The van der Waals surface area contributed by atoms with Gasteiger partial charge in [0.15, 0.2) is 0 Å². The zero-order valence-electron chi connectivity index (χ0n) is 19.0. The topological polar surface area (TPSA) is 95.9 Å². The van der Waals surface area contributed by atoms with E-state index in [1.165, 1.54) is 16.0 Å². The number of carboxylic acids is 1. The average Bonchev–Trinajstić information content (AvgIpc) is 3.36. The van der Waals surface area contributed by atoms with Crippen LogP contribution >= 0.6 is 0 Å². The van der Waals surface area contributed by atoms with Crippen LogP contribution in [0.2, 0.25) is 0 Å². The van der Waals surface area contributed by atoms with E-state index >= 15 is 0 Å². The molecule has 0 saturated carbocycles. The molecular weight excluding hydrogens is 420 g/mol. The first kappa shape index (κ1) is 22.8. The first-order chi connectivity index (χ1) is 15.8. The predicted octanol–water partition coefficient (Wildman–Crippen LogP) is 4.02. The van der Waals surface area contributed by atoms with Gasteiger partial charge in [-0.25, -0.2) is 9.59 Å². The van der Waals surface area contributed by atoms with Crippen molar-refractivity contribution in [2.75, 3.05) is 19.7 Å². The number of aliphatic carboxylic acids is 1.